The fourth-order valence-electron chi connectivity index (χ4n) is 7.82. The summed E-state index contributed by atoms with van der Waals surface area (Å²) in [6.45, 7) is 4.80. The Morgan fingerprint density at radius 1 is 0.254 bits per heavy atom. The van der Waals surface area contributed by atoms with Crippen LogP contribution < -0.4 is 28.4 Å². The van der Waals surface area contributed by atoms with Crippen LogP contribution in [0.25, 0.3) is 0 Å². The summed E-state index contributed by atoms with van der Waals surface area (Å²) in [5.74, 6) is 2.34. The second kappa shape index (κ2) is 21.5. The monoisotopic (exact) mass is 960 g/mol. The van der Waals surface area contributed by atoms with E-state index in [1.165, 1.54) is 72.8 Å². The summed E-state index contributed by atoms with van der Waals surface area (Å²) in [5, 5.41) is 79.5. The molecule has 0 radical (unpaired) electrons. The van der Waals surface area contributed by atoms with Crippen LogP contribution in [0.2, 0.25) is 0 Å². The van der Waals surface area contributed by atoms with Gasteiger partial charge in [0.05, 0.1) is 0 Å². The third-order valence-electron chi connectivity index (χ3n) is 11.3. The highest BCUT2D eigenvalue weighted by atomic mass is 16.5. The van der Waals surface area contributed by atoms with E-state index in [0.29, 0.717) is 56.8 Å². The van der Waals surface area contributed by atoms with Crippen LogP contribution in [0.5, 0.6) is 80.5 Å². The van der Waals surface area contributed by atoms with E-state index in [-0.39, 0.29) is 85.6 Å². The molecule has 14 nitrogen and oxygen atoms in total. The van der Waals surface area contributed by atoms with Crippen molar-refractivity contribution in [2.75, 3.05) is 0 Å². The number of phenolic OH excluding ortho intramolecular Hbond substituents is 8. The number of rotatable bonds is 20. The Hall–Kier alpha value is -9.04. The second-order valence-electron chi connectivity index (χ2n) is 17.5. The van der Waals surface area contributed by atoms with E-state index in [9.17, 15) is 40.9 Å². The average Bonchev–Trinajstić information content (AvgIpc) is 3.32. The predicted octanol–water partition coefficient (Wildman–Crippen LogP) is 11.1. The molecule has 0 aromatic heterocycles. The largest absolute Gasteiger partial charge is 0.508 e. The lowest BCUT2D eigenvalue weighted by molar-refractivity contribution is 0.280. The maximum Gasteiger partial charge on any atom is 0.123 e. The van der Waals surface area contributed by atoms with Crippen LogP contribution in [-0.2, 0) is 45.1 Å². The van der Waals surface area contributed by atoms with Gasteiger partial charge in [0.25, 0.3) is 0 Å². The van der Waals surface area contributed by atoms with Gasteiger partial charge in [-0.25, -0.2) is 0 Å². The molecular weight excluding hydrogens is 909 g/mol. The molecule has 0 fully saturated rings. The highest BCUT2D eigenvalue weighted by molar-refractivity contribution is 5.45. The second-order valence-corrected chi connectivity index (χ2v) is 17.5. The van der Waals surface area contributed by atoms with Crippen molar-refractivity contribution in [3.05, 3.63) is 202 Å². The number of benzene rings is 8. The minimum Gasteiger partial charge on any atom is -0.508 e. The van der Waals surface area contributed by atoms with Crippen molar-refractivity contribution in [3.63, 3.8) is 0 Å². The topological polar surface area (TPSA) is 217 Å². The number of hydrogen-bond donors (Lipinski definition) is 8. The van der Waals surface area contributed by atoms with Gasteiger partial charge in [-0.2, -0.15) is 0 Å². The first-order valence-corrected chi connectivity index (χ1v) is 22.4. The van der Waals surface area contributed by atoms with Gasteiger partial charge in [-0.15, -0.1) is 0 Å². The Morgan fingerprint density at radius 2 is 0.451 bits per heavy atom. The number of aromatic hydroxyl groups is 8. The lowest BCUT2D eigenvalue weighted by Crippen LogP contribution is -2.18. The van der Waals surface area contributed by atoms with Crippen molar-refractivity contribution >= 4 is 0 Å². The maximum absolute atomic E-state index is 9.94. The Bertz CT molecular complexity index is 2680. The van der Waals surface area contributed by atoms with Crippen LogP contribution in [0.15, 0.2) is 158 Å². The van der Waals surface area contributed by atoms with Crippen molar-refractivity contribution in [1.29, 1.82) is 0 Å². The first kappa shape index (κ1) is 48.4. The predicted molar refractivity (Wildman–Crippen MR) is 263 cm³/mol. The van der Waals surface area contributed by atoms with Gasteiger partial charge >= 0.3 is 0 Å². The van der Waals surface area contributed by atoms with Crippen LogP contribution in [0.4, 0.5) is 0 Å². The molecule has 14 heteroatoms. The summed E-state index contributed by atoms with van der Waals surface area (Å²) < 4.78 is 36.6. The van der Waals surface area contributed by atoms with Crippen molar-refractivity contribution in [2.45, 2.75) is 58.9 Å². The third-order valence-corrected chi connectivity index (χ3v) is 11.3. The van der Waals surface area contributed by atoms with Gasteiger partial charge in [0, 0.05) is 41.8 Å². The van der Waals surface area contributed by atoms with Crippen LogP contribution >= 0.6 is 0 Å². The van der Waals surface area contributed by atoms with E-state index >= 15 is 0 Å². The Balaban J connectivity index is 0.910. The van der Waals surface area contributed by atoms with E-state index in [2.05, 4.69) is 13.8 Å². The molecule has 364 valence electrons. The Kier molecular flexibility index (Phi) is 14.7. The fraction of sp³-hybridized carbons (Fsp3) is 0.158. The summed E-state index contributed by atoms with van der Waals surface area (Å²) in [7, 11) is 0. The summed E-state index contributed by atoms with van der Waals surface area (Å²) >= 11 is 0. The SMILES string of the molecule is CC(C)(c1ccc(OCc2cc(OCc3cc(O)cc(O)c3)cc(OCc3cc(O)cc(O)c3)c2)cc1)c1ccc(OCc2cc(OCc3cc(O)cc(O)c3)cc(OCc3cc(O)cc(O)c3)c2)cc1. The maximum atomic E-state index is 9.94. The molecule has 0 unspecified atom stereocenters. The van der Waals surface area contributed by atoms with Crippen LogP contribution in [0.1, 0.15) is 58.4 Å². The quantitative estimate of drug-likeness (QED) is 0.0357. The molecule has 8 N–H and O–H groups in total. The Morgan fingerprint density at radius 3 is 0.676 bits per heavy atom. The average molecular weight is 961 g/mol. The summed E-state index contributed by atoms with van der Waals surface area (Å²) in [6, 6.07) is 43.2. The number of hydrogen-bond acceptors (Lipinski definition) is 14. The van der Waals surface area contributed by atoms with Crippen molar-refractivity contribution in [3.8, 4) is 80.5 Å². The summed E-state index contributed by atoms with van der Waals surface area (Å²) in [6.07, 6.45) is 0. The molecule has 0 saturated heterocycles. The minimum absolute atomic E-state index is 0.0525. The molecule has 0 spiro atoms. The third kappa shape index (κ3) is 13.6. The molecule has 0 atom stereocenters. The lowest BCUT2D eigenvalue weighted by atomic mass is 9.78. The zero-order valence-electron chi connectivity index (χ0n) is 38.8. The zero-order valence-corrected chi connectivity index (χ0v) is 38.8. The van der Waals surface area contributed by atoms with Gasteiger partial charge in [0.15, 0.2) is 0 Å². The van der Waals surface area contributed by atoms with E-state index in [1.54, 1.807) is 36.4 Å². The summed E-state index contributed by atoms with van der Waals surface area (Å²) in [5.41, 5.74) is 5.38. The highest BCUT2D eigenvalue weighted by Gasteiger charge is 2.23. The van der Waals surface area contributed by atoms with E-state index < -0.39 is 5.41 Å². The molecule has 0 heterocycles. The minimum atomic E-state index is -0.399. The number of phenols is 8. The Labute approximate surface area is 409 Å². The standard InChI is InChI=1S/C57H52O14/c1-57(2,41-3-7-51(8-4-41)66-33-39-19-53(68-29-35-11-43(58)23-44(59)12-35)27-54(20-39)69-30-36-13-45(60)24-46(61)14-36)42-5-9-52(10-6-42)67-34-40-21-55(70-31-37-15-47(62)25-48(63)16-37)28-56(22-40)71-32-38-17-49(64)26-50(65)18-38/h3-28,58-65H,29-34H2,1-2H3. The van der Waals surface area contributed by atoms with Gasteiger partial charge in [0.2, 0.25) is 0 Å². The molecule has 8 aromatic carbocycles. The molecule has 0 aliphatic heterocycles. The van der Waals surface area contributed by atoms with Crippen LogP contribution in [0, 0.1) is 0 Å². The van der Waals surface area contributed by atoms with Crippen molar-refractivity contribution in [1.82, 2.24) is 0 Å². The molecule has 8 rings (SSSR count). The van der Waals surface area contributed by atoms with Crippen LogP contribution in [-0.4, -0.2) is 40.9 Å². The smallest absolute Gasteiger partial charge is 0.123 e. The van der Waals surface area contributed by atoms with Gasteiger partial charge in [-0.1, -0.05) is 38.1 Å². The zero-order chi connectivity index (χ0) is 50.1. The van der Waals surface area contributed by atoms with Crippen molar-refractivity contribution < 1.29 is 69.3 Å². The number of ether oxygens (including phenoxy) is 6. The molecule has 0 saturated carbocycles. The molecule has 0 aliphatic rings. The molecule has 0 aliphatic carbocycles. The fourth-order valence-corrected chi connectivity index (χ4v) is 7.82. The molecule has 0 amide bonds. The highest BCUT2D eigenvalue weighted by Crippen LogP contribution is 2.35. The molecular formula is C57H52O14. The van der Waals surface area contributed by atoms with E-state index in [1.807, 2.05) is 48.5 Å². The van der Waals surface area contributed by atoms with E-state index in [0.717, 1.165) is 22.3 Å². The van der Waals surface area contributed by atoms with Gasteiger partial charge < -0.3 is 69.3 Å². The first-order valence-electron chi connectivity index (χ1n) is 22.4. The van der Waals surface area contributed by atoms with Crippen molar-refractivity contribution in [2.24, 2.45) is 0 Å². The lowest BCUT2D eigenvalue weighted by Gasteiger charge is -2.26. The van der Waals surface area contributed by atoms with Crippen LogP contribution in [0.3, 0.4) is 0 Å². The van der Waals surface area contributed by atoms with Gasteiger partial charge in [-0.3, -0.25) is 0 Å². The molecule has 8 aromatic rings. The summed E-state index contributed by atoms with van der Waals surface area (Å²) in [4.78, 5) is 0. The normalized spacial score (nSPS) is 11.2. The first-order chi connectivity index (χ1) is 34.1. The molecule has 0 bridgehead atoms. The van der Waals surface area contributed by atoms with Gasteiger partial charge in [-0.05, 0) is 142 Å². The molecule has 71 heavy (non-hydrogen) atoms. The van der Waals surface area contributed by atoms with E-state index in [4.69, 9.17) is 28.4 Å². The van der Waals surface area contributed by atoms with Gasteiger partial charge in [0.1, 0.15) is 120 Å².